The van der Waals surface area contributed by atoms with Crippen molar-refractivity contribution in [3.8, 4) is 0 Å². The molecule has 4 N–H and O–H groups in total. The zero-order valence-corrected chi connectivity index (χ0v) is 20.2. The average molecular weight is 486 g/mol. The van der Waals surface area contributed by atoms with Crippen molar-refractivity contribution in [1.29, 1.82) is 5.41 Å². The van der Waals surface area contributed by atoms with Gasteiger partial charge >= 0.3 is 6.09 Å². The molecule has 0 aliphatic rings. The van der Waals surface area contributed by atoms with Crippen LogP contribution in [-0.2, 0) is 18.3 Å². The smallest absolute Gasteiger partial charge is 0.413 e. The molecule has 0 saturated carbocycles. The lowest BCUT2D eigenvalue weighted by Crippen LogP contribution is -2.32. The standard InChI is InChI=1S/C26H27N7O3/c1-16(2)36-26(35)32-24(27)17-7-10-19(11-8-17)29-15-23-30-20-14-18(9-12-21(20)33(23)3)25(34)31-22-6-4-5-13-28-22/h4-14,16,29H,15H2,1-3H3,(H2,27,32,35)(H,28,31,34). The first-order chi connectivity index (χ1) is 17.3. The number of hydrogen-bond acceptors (Lipinski definition) is 7. The third kappa shape index (κ3) is 5.84. The molecule has 4 aromatic rings. The number of nitrogens with one attached hydrogen (secondary N) is 4. The Kier molecular flexibility index (Phi) is 7.24. The van der Waals surface area contributed by atoms with Gasteiger partial charge in [-0.1, -0.05) is 6.07 Å². The molecule has 0 aliphatic heterocycles. The molecule has 10 nitrogen and oxygen atoms in total. The highest BCUT2D eigenvalue weighted by atomic mass is 16.6. The van der Waals surface area contributed by atoms with Crippen LogP contribution in [0.1, 0.15) is 35.6 Å². The van der Waals surface area contributed by atoms with Gasteiger partial charge in [0.15, 0.2) is 0 Å². The number of aromatic nitrogens is 3. The summed E-state index contributed by atoms with van der Waals surface area (Å²) in [5.41, 5.74) is 3.50. The average Bonchev–Trinajstić information content (AvgIpc) is 3.17. The van der Waals surface area contributed by atoms with E-state index < -0.39 is 6.09 Å². The molecular formula is C26H27N7O3. The van der Waals surface area contributed by atoms with E-state index in [-0.39, 0.29) is 17.8 Å². The highest BCUT2D eigenvalue weighted by Gasteiger charge is 2.13. The molecule has 0 unspecified atom stereocenters. The van der Waals surface area contributed by atoms with Crippen molar-refractivity contribution in [3.63, 3.8) is 0 Å². The van der Waals surface area contributed by atoms with Gasteiger partial charge in [0.2, 0.25) is 0 Å². The normalized spacial score (nSPS) is 10.8. The Labute approximate surface area is 208 Å². The van der Waals surface area contributed by atoms with Crippen LogP contribution < -0.4 is 16.0 Å². The minimum absolute atomic E-state index is 0.0366. The lowest BCUT2D eigenvalue weighted by atomic mass is 10.2. The highest BCUT2D eigenvalue weighted by Crippen LogP contribution is 2.19. The molecule has 184 valence electrons. The van der Waals surface area contributed by atoms with Gasteiger partial charge in [-0.3, -0.25) is 15.5 Å². The number of carbonyl (C=O) groups is 2. The lowest BCUT2D eigenvalue weighted by molar-refractivity contribution is 0.102. The van der Waals surface area contributed by atoms with Gasteiger partial charge in [-0.25, -0.2) is 14.8 Å². The van der Waals surface area contributed by atoms with Crippen LogP contribution in [0.2, 0.25) is 0 Å². The van der Waals surface area contributed by atoms with E-state index in [1.807, 2.05) is 35.9 Å². The molecule has 10 heteroatoms. The van der Waals surface area contributed by atoms with E-state index >= 15 is 0 Å². The fourth-order valence-electron chi connectivity index (χ4n) is 3.53. The minimum atomic E-state index is -0.656. The second-order valence-electron chi connectivity index (χ2n) is 8.34. The molecule has 0 aliphatic carbocycles. The van der Waals surface area contributed by atoms with Crippen LogP contribution >= 0.6 is 0 Å². The van der Waals surface area contributed by atoms with E-state index in [2.05, 4.69) is 25.9 Å². The van der Waals surface area contributed by atoms with Crippen molar-refractivity contribution >= 4 is 40.4 Å². The van der Waals surface area contributed by atoms with E-state index in [1.165, 1.54) is 0 Å². The maximum Gasteiger partial charge on any atom is 0.413 e. The molecule has 2 heterocycles. The van der Waals surface area contributed by atoms with Gasteiger partial charge in [0.1, 0.15) is 17.5 Å². The van der Waals surface area contributed by atoms with Crippen LogP contribution in [-0.4, -0.2) is 38.5 Å². The number of anilines is 2. The monoisotopic (exact) mass is 485 g/mol. The van der Waals surface area contributed by atoms with E-state index in [0.717, 1.165) is 17.0 Å². The Bertz CT molecular complexity index is 1400. The van der Waals surface area contributed by atoms with E-state index in [0.29, 0.717) is 29.0 Å². The SMILES string of the molecule is CC(C)OC(=O)NC(=N)c1ccc(NCc2nc3cc(C(=O)Nc4ccccn4)ccc3n2C)cc1. The summed E-state index contributed by atoms with van der Waals surface area (Å²) in [5, 5.41) is 16.5. The number of hydrogen-bond donors (Lipinski definition) is 4. The number of pyridine rings is 1. The first-order valence-corrected chi connectivity index (χ1v) is 11.4. The summed E-state index contributed by atoms with van der Waals surface area (Å²) in [6.45, 7) is 3.94. The van der Waals surface area contributed by atoms with Crippen molar-refractivity contribution < 1.29 is 14.3 Å². The van der Waals surface area contributed by atoms with Crippen molar-refractivity contribution in [2.75, 3.05) is 10.6 Å². The van der Waals surface area contributed by atoms with Gasteiger partial charge in [0.25, 0.3) is 5.91 Å². The Balaban J connectivity index is 1.40. The predicted molar refractivity (Wildman–Crippen MR) is 138 cm³/mol. The zero-order chi connectivity index (χ0) is 25.7. The summed E-state index contributed by atoms with van der Waals surface area (Å²) in [6.07, 6.45) is 0.703. The van der Waals surface area contributed by atoms with E-state index in [1.54, 1.807) is 56.4 Å². The third-order valence-electron chi connectivity index (χ3n) is 5.34. The number of rotatable bonds is 7. The van der Waals surface area contributed by atoms with Crippen molar-refractivity contribution in [3.05, 3.63) is 83.8 Å². The Morgan fingerprint density at radius 3 is 2.50 bits per heavy atom. The fraction of sp³-hybridized carbons (Fsp3) is 0.192. The first kappa shape index (κ1) is 24.4. The Morgan fingerprint density at radius 2 is 1.81 bits per heavy atom. The number of ether oxygens (including phenoxy) is 1. The largest absolute Gasteiger partial charge is 0.447 e. The van der Waals surface area contributed by atoms with Crippen LogP contribution in [0.5, 0.6) is 0 Å². The van der Waals surface area contributed by atoms with Crippen LogP contribution in [0.15, 0.2) is 66.9 Å². The number of alkyl carbamates (subject to hydrolysis) is 1. The minimum Gasteiger partial charge on any atom is -0.447 e. The fourth-order valence-corrected chi connectivity index (χ4v) is 3.53. The summed E-state index contributed by atoms with van der Waals surface area (Å²) in [7, 11) is 1.92. The third-order valence-corrected chi connectivity index (χ3v) is 5.34. The molecule has 36 heavy (non-hydrogen) atoms. The van der Waals surface area contributed by atoms with E-state index in [4.69, 9.17) is 10.1 Å². The highest BCUT2D eigenvalue weighted by molar-refractivity contribution is 6.05. The van der Waals surface area contributed by atoms with Crippen LogP contribution in [0.25, 0.3) is 11.0 Å². The number of carbonyl (C=O) groups excluding carboxylic acids is 2. The van der Waals surface area contributed by atoms with Gasteiger partial charge in [-0.15, -0.1) is 0 Å². The second-order valence-corrected chi connectivity index (χ2v) is 8.34. The molecular weight excluding hydrogens is 458 g/mol. The summed E-state index contributed by atoms with van der Waals surface area (Å²) in [4.78, 5) is 33.1. The number of amides is 2. The lowest BCUT2D eigenvalue weighted by Gasteiger charge is -2.11. The second kappa shape index (κ2) is 10.7. The molecule has 0 fully saturated rings. The number of nitrogens with zero attached hydrogens (tertiary/aromatic N) is 3. The topological polar surface area (TPSA) is 134 Å². The predicted octanol–water partition coefficient (Wildman–Crippen LogP) is 4.29. The summed E-state index contributed by atoms with van der Waals surface area (Å²) >= 11 is 0. The summed E-state index contributed by atoms with van der Waals surface area (Å²) in [5.74, 6) is 0.993. The summed E-state index contributed by atoms with van der Waals surface area (Å²) in [6, 6.07) is 17.8. The maximum absolute atomic E-state index is 12.6. The van der Waals surface area contributed by atoms with Crippen molar-refractivity contribution in [2.24, 2.45) is 7.05 Å². The van der Waals surface area contributed by atoms with Gasteiger partial charge in [0.05, 0.1) is 23.7 Å². The number of amidine groups is 1. The number of imidazole rings is 1. The maximum atomic E-state index is 12.6. The molecule has 0 spiro atoms. The van der Waals surface area contributed by atoms with Crippen molar-refractivity contribution in [1.82, 2.24) is 19.9 Å². The van der Waals surface area contributed by atoms with Gasteiger partial charge in [0, 0.05) is 30.1 Å². The van der Waals surface area contributed by atoms with E-state index in [9.17, 15) is 9.59 Å². The molecule has 0 bridgehead atoms. The zero-order valence-electron chi connectivity index (χ0n) is 20.2. The molecule has 2 aromatic heterocycles. The Hall–Kier alpha value is -4.73. The van der Waals surface area contributed by atoms with Crippen molar-refractivity contribution in [2.45, 2.75) is 26.5 Å². The van der Waals surface area contributed by atoms with Gasteiger partial charge < -0.3 is 19.9 Å². The summed E-state index contributed by atoms with van der Waals surface area (Å²) < 4.78 is 6.97. The number of fused-ring (bicyclic) bond motifs is 1. The molecule has 0 atom stereocenters. The molecule has 2 aromatic carbocycles. The molecule has 2 amide bonds. The van der Waals surface area contributed by atoms with Crippen LogP contribution in [0.4, 0.5) is 16.3 Å². The first-order valence-electron chi connectivity index (χ1n) is 11.4. The Morgan fingerprint density at radius 1 is 1.06 bits per heavy atom. The number of benzene rings is 2. The quantitative estimate of drug-likeness (QED) is 0.228. The molecule has 0 radical (unpaired) electrons. The van der Waals surface area contributed by atoms with Crippen LogP contribution in [0, 0.1) is 5.41 Å². The molecule has 0 saturated heterocycles. The number of aryl methyl sites for hydroxylation is 1. The molecule has 4 rings (SSSR count). The van der Waals surface area contributed by atoms with Crippen LogP contribution in [0.3, 0.4) is 0 Å². The van der Waals surface area contributed by atoms with Gasteiger partial charge in [-0.2, -0.15) is 0 Å². The van der Waals surface area contributed by atoms with Gasteiger partial charge in [-0.05, 0) is 68.4 Å².